The highest BCUT2D eigenvalue weighted by Crippen LogP contribution is 2.32. The Hall–Kier alpha value is -4.53. The highest BCUT2D eigenvalue weighted by atomic mass is 19.1. The number of aromatic nitrogens is 2. The Kier molecular flexibility index (Phi) is 8.29. The molecule has 7 nitrogen and oxygen atoms in total. The van der Waals surface area contributed by atoms with E-state index in [1.807, 2.05) is 13.0 Å². The quantitative estimate of drug-likeness (QED) is 0.220. The highest BCUT2D eigenvalue weighted by molar-refractivity contribution is 5.83. The van der Waals surface area contributed by atoms with Crippen molar-refractivity contribution in [2.24, 2.45) is 10.7 Å². The van der Waals surface area contributed by atoms with Gasteiger partial charge in [-0.1, -0.05) is 26.1 Å². The Morgan fingerprint density at radius 1 is 1.17 bits per heavy atom. The number of aliphatic imine (C=N–C) groups is 1. The Morgan fingerprint density at radius 2 is 1.97 bits per heavy atom. The van der Waals surface area contributed by atoms with Crippen LogP contribution in [0.5, 0.6) is 0 Å². The molecular weight excluding hydrogens is 448 g/mol. The van der Waals surface area contributed by atoms with E-state index >= 15 is 0 Å². The third-order valence-electron chi connectivity index (χ3n) is 4.94. The van der Waals surface area contributed by atoms with Gasteiger partial charge in [0.2, 0.25) is 5.95 Å². The first-order valence-corrected chi connectivity index (χ1v) is 10.8. The number of allylic oxidation sites excluding steroid dienone is 2. The molecule has 0 aliphatic heterocycles. The van der Waals surface area contributed by atoms with Crippen LogP contribution in [0.3, 0.4) is 0 Å². The van der Waals surface area contributed by atoms with E-state index in [0.717, 1.165) is 5.56 Å². The molecule has 0 saturated carbocycles. The number of anilines is 4. The summed E-state index contributed by atoms with van der Waals surface area (Å²) in [6.07, 6.45) is 6.55. The molecule has 0 atom stereocenters. The Balaban J connectivity index is 2.10. The number of hydrogen-bond acceptors (Lipinski definition) is 7. The Bertz CT molecular complexity index is 1300. The van der Waals surface area contributed by atoms with Crippen molar-refractivity contribution < 1.29 is 8.78 Å². The Morgan fingerprint density at radius 3 is 2.66 bits per heavy atom. The molecule has 2 aromatic carbocycles. The van der Waals surface area contributed by atoms with Crippen LogP contribution in [-0.2, 0) is 6.42 Å². The van der Waals surface area contributed by atoms with Crippen molar-refractivity contribution in [3.8, 4) is 11.1 Å². The summed E-state index contributed by atoms with van der Waals surface area (Å²) >= 11 is 0. The second-order valence-corrected chi connectivity index (χ2v) is 7.47. The molecule has 0 radical (unpaired) electrons. The van der Waals surface area contributed by atoms with Gasteiger partial charge in [0.05, 0.1) is 11.4 Å². The smallest absolute Gasteiger partial charge is 0.229 e. The summed E-state index contributed by atoms with van der Waals surface area (Å²) in [6.45, 7) is 9.40. The second kappa shape index (κ2) is 11.6. The van der Waals surface area contributed by atoms with Crippen LogP contribution in [0.1, 0.15) is 12.5 Å². The molecule has 3 aromatic rings. The monoisotopic (exact) mass is 475 g/mol. The fourth-order valence-electron chi connectivity index (χ4n) is 3.21. The molecule has 1 heterocycles. The largest absolute Gasteiger partial charge is 0.403 e. The maximum absolute atomic E-state index is 14.8. The number of aryl methyl sites for hydroxylation is 1. The maximum Gasteiger partial charge on any atom is 0.229 e. The first-order chi connectivity index (χ1) is 16.9. The topological polar surface area (TPSA) is 100 Å². The van der Waals surface area contributed by atoms with Crippen LogP contribution in [0.4, 0.5) is 31.9 Å². The van der Waals surface area contributed by atoms with Crippen LogP contribution >= 0.6 is 0 Å². The van der Waals surface area contributed by atoms with Crippen molar-refractivity contribution in [1.82, 2.24) is 9.97 Å². The van der Waals surface area contributed by atoms with Gasteiger partial charge in [-0.3, -0.25) is 4.99 Å². The van der Waals surface area contributed by atoms with Gasteiger partial charge in [-0.25, -0.2) is 13.8 Å². The molecule has 0 saturated heterocycles. The SMILES string of the molecule is C=CC(=C)Nc1ccc(F)c(Nc2nc(N/C(C=NC)=C/N)ncc2-c2cc(F)cc(CC)c2)c1. The first-order valence-electron chi connectivity index (χ1n) is 10.8. The summed E-state index contributed by atoms with van der Waals surface area (Å²) in [5.74, 6) is -0.443. The van der Waals surface area contributed by atoms with Gasteiger partial charge in [0, 0.05) is 42.6 Å². The van der Waals surface area contributed by atoms with Crippen LogP contribution < -0.4 is 21.7 Å². The van der Waals surface area contributed by atoms with Gasteiger partial charge in [0.1, 0.15) is 17.5 Å². The number of nitrogens with one attached hydrogen (secondary N) is 3. The van der Waals surface area contributed by atoms with E-state index in [1.54, 1.807) is 25.3 Å². The lowest BCUT2D eigenvalue weighted by Crippen LogP contribution is -2.09. The van der Waals surface area contributed by atoms with Gasteiger partial charge < -0.3 is 21.7 Å². The van der Waals surface area contributed by atoms with Crippen molar-refractivity contribution >= 4 is 29.4 Å². The average Bonchev–Trinajstić information content (AvgIpc) is 2.85. The number of nitrogens with zero attached hydrogens (tertiary/aromatic N) is 3. The summed E-state index contributed by atoms with van der Waals surface area (Å²) in [4.78, 5) is 12.8. The third-order valence-corrected chi connectivity index (χ3v) is 4.94. The first kappa shape index (κ1) is 25.1. The zero-order chi connectivity index (χ0) is 25.4. The van der Waals surface area contributed by atoms with E-state index < -0.39 is 5.82 Å². The lowest BCUT2D eigenvalue weighted by Gasteiger charge is -2.16. The van der Waals surface area contributed by atoms with E-state index in [-0.39, 0.29) is 23.3 Å². The standard InChI is InChI=1S/C26H27F2N7/c1-5-16(3)32-20-7-8-23(28)24(12-20)34-25-22(18-9-17(6-2)10-19(27)11-18)15-31-26(35-25)33-21(13-29)14-30-4/h5,7-15,32H,1,3,6,29H2,2,4H3,(H2,31,33,34,35)/b21-13+,30-14?. The van der Waals surface area contributed by atoms with E-state index in [4.69, 9.17) is 5.73 Å². The molecular formula is C26H27F2N7. The minimum absolute atomic E-state index is 0.148. The molecule has 0 aliphatic rings. The zero-order valence-electron chi connectivity index (χ0n) is 19.6. The lowest BCUT2D eigenvalue weighted by atomic mass is 10.0. The molecule has 1 aromatic heterocycles. The van der Waals surface area contributed by atoms with Crippen LogP contribution in [0, 0.1) is 11.6 Å². The minimum atomic E-state index is -0.506. The van der Waals surface area contributed by atoms with Crippen LogP contribution in [0.2, 0.25) is 0 Å². The molecule has 3 rings (SSSR count). The van der Waals surface area contributed by atoms with Crippen molar-refractivity contribution in [2.75, 3.05) is 23.0 Å². The van der Waals surface area contributed by atoms with Gasteiger partial charge in [-0.05, 0) is 54.0 Å². The summed E-state index contributed by atoms with van der Waals surface area (Å²) in [6, 6.07) is 9.15. The molecule has 35 heavy (non-hydrogen) atoms. The zero-order valence-corrected chi connectivity index (χ0v) is 19.6. The van der Waals surface area contributed by atoms with Crippen molar-refractivity contribution in [3.05, 3.63) is 96.6 Å². The molecule has 0 aliphatic carbocycles. The van der Waals surface area contributed by atoms with Gasteiger partial charge in [-0.2, -0.15) is 4.98 Å². The second-order valence-electron chi connectivity index (χ2n) is 7.47. The van der Waals surface area contributed by atoms with E-state index in [9.17, 15) is 8.78 Å². The van der Waals surface area contributed by atoms with E-state index in [0.29, 0.717) is 34.6 Å². The summed E-state index contributed by atoms with van der Waals surface area (Å²) in [7, 11) is 1.60. The number of rotatable bonds is 10. The summed E-state index contributed by atoms with van der Waals surface area (Å²) < 4.78 is 29.1. The molecule has 0 unspecified atom stereocenters. The fraction of sp³-hybridized carbons (Fsp3) is 0.115. The normalized spacial score (nSPS) is 11.4. The lowest BCUT2D eigenvalue weighted by molar-refractivity contribution is 0.626. The molecule has 0 bridgehead atoms. The van der Waals surface area contributed by atoms with Gasteiger partial charge >= 0.3 is 0 Å². The van der Waals surface area contributed by atoms with Crippen molar-refractivity contribution in [2.45, 2.75) is 13.3 Å². The van der Waals surface area contributed by atoms with Gasteiger partial charge in [0.15, 0.2) is 0 Å². The molecule has 180 valence electrons. The van der Waals surface area contributed by atoms with Crippen LogP contribution in [-0.4, -0.2) is 23.2 Å². The Labute approximate surface area is 203 Å². The third kappa shape index (κ3) is 6.50. The average molecular weight is 476 g/mol. The number of nitrogens with two attached hydrogens (primary N) is 1. The van der Waals surface area contributed by atoms with Gasteiger partial charge in [-0.15, -0.1) is 0 Å². The number of hydrogen-bond donors (Lipinski definition) is 4. The number of benzene rings is 2. The fourth-order valence-corrected chi connectivity index (χ4v) is 3.21. The number of halogens is 2. The summed E-state index contributed by atoms with van der Waals surface area (Å²) in [5, 5.41) is 9.00. The highest BCUT2D eigenvalue weighted by Gasteiger charge is 2.15. The van der Waals surface area contributed by atoms with Crippen LogP contribution in [0.15, 0.2) is 84.4 Å². The molecule has 9 heteroatoms. The molecule has 0 amide bonds. The minimum Gasteiger partial charge on any atom is -0.403 e. The molecule has 0 fully saturated rings. The van der Waals surface area contributed by atoms with Crippen molar-refractivity contribution in [3.63, 3.8) is 0 Å². The van der Waals surface area contributed by atoms with E-state index in [1.165, 1.54) is 36.8 Å². The van der Waals surface area contributed by atoms with E-state index in [2.05, 4.69) is 44.1 Å². The van der Waals surface area contributed by atoms with Crippen LogP contribution in [0.25, 0.3) is 11.1 Å². The van der Waals surface area contributed by atoms with Crippen molar-refractivity contribution in [1.29, 1.82) is 0 Å². The molecule has 0 spiro atoms. The maximum atomic E-state index is 14.8. The molecule has 5 N–H and O–H groups in total. The predicted molar refractivity (Wildman–Crippen MR) is 140 cm³/mol. The summed E-state index contributed by atoms with van der Waals surface area (Å²) in [5.41, 5.74) is 9.24. The predicted octanol–water partition coefficient (Wildman–Crippen LogP) is 5.75. The van der Waals surface area contributed by atoms with Gasteiger partial charge in [0.25, 0.3) is 0 Å².